The molecule has 0 saturated heterocycles. The number of hydrogen-bond acceptors (Lipinski definition) is 4. The van der Waals surface area contributed by atoms with Crippen molar-refractivity contribution in [3.05, 3.63) is 94.0 Å². The second-order valence-corrected chi connectivity index (χ2v) is 13.3. The topological polar surface area (TPSA) is 86.8 Å². The Balaban J connectivity index is 1.72. The number of hydrogen-bond donors (Lipinski definition) is 1. The average molecular weight is 631 g/mol. The summed E-state index contributed by atoms with van der Waals surface area (Å²) in [6, 6.07) is 19.5. The molecule has 0 bridgehead atoms. The van der Waals surface area contributed by atoms with Crippen LogP contribution in [0.5, 0.6) is 0 Å². The summed E-state index contributed by atoms with van der Waals surface area (Å²) in [6.45, 7) is 3.39. The Morgan fingerprint density at radius 3 is 2.24 bits per heavy atom. The second-order valence-electron chi connectivity index (χ2n) is 10.7. The molecule has 7 nitrogen and oxygen atoms in total. The van der Waals surface area contributed by atoms with Crippen molar-refractivity contribution in [3.63, 3.8) is 0 Å². The summed E-state index contributed by atoms with van der Waals surface area (Å²) in [5, 5.41) is 3.32. The minimum absolute atomic E-state index is 0.000935. The maximum atomic E-state index is 14.2. The third-order valence-electron chi connectivity index (χ3n) is 7.62. The molecule has 3 aromatic rings. The summed E-state index contributed by atoms with van der Waals surface area (Å²) in [6.07, 6.45) is 5.44. The van der Waals surface area contributed by atoms with Crippen LogP contribution in [0.1, 0.15) is 56.6 Å². The van der Waals surface area contributed by atoms with Crippen molar-refractivity contribution in [1.29, 1.82) is 0 Å². The second kappa shape index (κ2) is 14.4. The lowest BCUT2D eigenvalue weighted by Gasteiger charge is -2.34. The fourth-order valence-electron chi connectivity index (χ4n) is 5.27. The van der Waals surface area contributed by atoms with E-state index in [1.807, 2.05) is 38.1 Å². The van der Waals surface area contributed by atoms with Gasteiger partial charge in [-0.25, -0.2) is 8.42 Å². The van der Waals surface area contributed by atoms with Gasteiger partial charge in [0.2, 0.25) is 11.8 Å². The average Bonchev–Trinajstić information content (AvgIpc) is 2.99. The fourth-order valence-corrected chi connectivity index (χ4v) is 7.17. The van der Waals surface area contributed by atoms with Crippen molar-refractivity contribution < 1.29 is 18.0 Å². The van der Waals surface area contributed by atoms with E-state index in [0.717, 1.165) is 47.5 Å². The third kappa shape index (κ3) is 7.65. The first-order valence-electron chi connectivity index (χ1n) is 14.3. The molecule has 1 atom stereocenters. The molecule has 42 heavy (non-hydrogen) atoms. The van der Waals surface area contributed by atoms with Crippen molar-refractivity contribution in [2.24, 2.45) is 0 Å². The first-order chi connectivity index (χ1) is 20.1. The molecule has 1 fully saturated rings. The lowest BCUT2D eigenvalue weighted by molar-refractivity contribution is -0.140. The number of sulfonamides is 1. The van der Waals surface area contributed by atoms with Gasteiger partial charge in [-0.15, -0.1) is 0 Å². The summed E-state index contributed by atoms with van der Waals surface area (Å²) in [5.41, 5.74) is 1.97. The highest BCUT2D eigenvalue weighted by Crippen LogP contribution is 2.35. The van der Waals surface area contributed by atoms with Gasteiger partial charge in [-0.3, -0.25) is 13.9 Å². The van der Waals surface area contributed by atoms with Gasteiger partial charge in [0.05, 0.1) is 20.6 Å². The lowest BCUT2D eigenvalue weighted by Crippen LogP contribution is -2.54. The van der Waals surface area contributed by atoms with Gasteiger partial charge in [-0.2, -0.15) is 0 Å². The summed E-state index contributed by atoms with van der Waals surface area (Å²) >= 11 is 12.8. The van der Waals surface area contributed by atoms with Crippen molar-refractivity contribution in [3.8, 4) is 0 Å². The zero-order valence-electron chi connectivity index (χ0n) is 23.9. The predicted octanol–water partition coefficient (Wildman–Crippen LogP) is 6.75. The number of rotatable bonds is 11. The highest BCUT2D eigenvalue weighted by molar-refractivity contribution is 7.92. The number of carbonyl (C=O) groups is 2. The van der Waals surface area contributed by atoms with E-state index in [2.05, 4.69) is 5.32 Å². The third-order valence-corrected chi connectivity index (χ3v) is 10.2. The molecular weight excluding hydrogens is 593 g/mol. The van der Waals surface area contributed by atoms with Crippen LogP contribution in [0.15, 0.2) is 77.7 Å². The molecule has 0 unspecified atom stereocenters. The van der Waals surface area contributed by atoms with E-state index in [-0.39, 0.29) is 39.1 Å². The van der Waals surface area contributed by atoms with Gasteiger partial charge < -0.3 is 10.2 Å². The maximum Gasteiger partial charge on any atom is 0.264 e. The normalized spacial score (nSPS) is 14.7. The largest absolute Gasteiger partial charge is 0.352 e. The van der Waals surface area contributed by atoms with Crippen molar-refractivity contribution in [1.82, 2.24) is 10.2 Å². The quantitative estimate of drug-likeness (QED) is 0.254. The maximum absolute atomic E-state index is 14.2. The first-order valence-corrected chi connectivity index (χ1v) is 16.5. The molecule has 0 aliphatic heterocycles. The smallest absolute Gasteiger partial charge is 0.264 e. The Hall–Kier alpha value is -3.07. The van der Waals surface area contributed by atoms with Gasteiger partial charge >= 0.3 is 0 Å². The van der Waals surface area contributed by atoms with Crippen molar-refractivity contribution in [2.75, 3.05) is 10.8 Å². The number of aryl methyl sites for hydroxylation is 1. The van der Waals surface area contributed by atoms with Crippen LogP contribution in [-0.4, -0.2) is 43.8 Å². The molecule has 2 amide bonds. The molecular formula is C32H37Cl2N3O4S. The number of amides is 2. The Morgan fingerprint density at radius 2 is 1.60 bits per heavy atom. The Labute approximate surface area is 258 Å². The van der Waals surface area contributed by atoms with Crippen LogP contribution in [0.25, 0.3) is 0 Å². The van der Waals surface area contributed by atoms with E-state index >= 15 is 0 Å². The summed E-state index contributed by atoms with van der Waals surface area (Å²) in [7, 11) is -4.23. The standard InChI is InChI=1S/C32H37Cl2N3O4S/c1-3-28(32(39)35-25-11-6-4-7-12-25)36(21-24-19-17-23(2)18-20-24)30(38)22-37(29-16-10-15-27(33)31(29)34)42(40,41)26-13-8-5-9-14-26/h5,8-10,13-20,25,28H,3-4,6-7,11-12,21-22H2,1-2H3,(H,35,39)/t28-/m0/s1. The van der Waals surface area contributed by atoms with E-state index in [1.54, 1.807) is 30.3 Å². The first kappa shape index (κ1) is 31.9. The number of nitrogens with zero attached hydrogens (tertiary/aromatic N) is 2. The van der Waals surface area contributed by atoms with Crippen molar-refractivity contribution in [2.45, 2.75) is 75.9 Å². The molecule has 0 spiro atoms. The van der Waals surface area contributed by atoms with Crippen LogP contribution in [0.4, 0.5) is 5.69 Å². The molecule has 0 aromatic heterocycles. The van der Waals surface area contributed by atoms with Gasteiger partial charge in [-0.05, 0) is 56.0 Å². The minimum Gasteiger partial charge on any atom is -0.352 e. The molecule has 1 aliphatic rings. The molecule has 0 heterocycles. The monoisotopic (exact) mass is 629 g/mol. The SMILES string of the molecule is CC[C@@H](C(=O)NC1CCCCC1)N(Cc1ccc(C)cc1)C(=O)CN(c1cccc(Cl)c1Cl)S(=O)(=O)c1ccccc1. The summed E-state index contributed by atoms with van der Waals surface area (Å²) in [4.78, 5) is 29.3. The van der Waals surface area contributed by atoms with Gasteiger partial charge in [0.15, 0.2) is 0 Å². The van der Waals surface area contributed by atoms with Crippen LogP contribution >= 0.6 is 23.2 Å². The zero-order chi connectivity index (χ0) is 30.3. The number of halogens is 2. The van der Waals surface area contributed by atoms with Gasteiger partial charge in [0.25, 0.3) is 10.0 Å². The number of anilines is 1. The molecule has 224 valence electrons. The van der Waals surface area contributed by atoms with Crippen LogP contribution in [0, 0.1) is 6.92 Å². The van der Waals surface area contributed by atoms with E-state index in [1.165, 1.54) is 23.1 Å². The Morgan fingerprint density at radius 1 is 0.929 bits per heavy atom. The molecule has 10 heteroatoms. The Kier molecular flexibility index (Phi) is 10.9. The van der Waals surface area contributed by atoms with E-state index < -0.39 is 28.5 Å². The lowest BCUT2D eigenvalue weighted by atomic mass is 9.95. The summed E-state index contributed by atoms with van der Waals surface area (Å²) < 4.78 is 28.9. The minimum atomic E-state index is -4.23. The highest BCUT2D eigenvalue weighted by atomic mass is 35.5. The van der Waals surface area contributed by atoms with Crippen LogP contribution in [-0.2, 0) is 26.2 Å². The Bertz CT molecular complexity index is 1480. The predicted molar refractivity (Wildman–Crippen MR) is 168 cm³/mol. The van der Waals surface area contributed by atoms with Gasteiger partial charge in [0.1, 0.15) is 12.6 Å². The van der Waals surface area contributed by atoms with Crippen LogP contribution in [0.3, 0.4) is 0 Å². The number of benzene rings is 3. The number of nitrogens with one attached hydrogen (secondary N) is 1. The van der Waals surface area contributed by atoms with Gasteiger partial charge in [-0.1, -0.05) is 103 Å². The fraction of sp³-hybridized carbons (Fsp3) is 0.375. The molecule has 1 N–H and O–H groups in total. The molecule has 3 aromatic carbocycles. The van der Waals surface area contributed by atoms with Crippen molar-refractivity contribution >= 4 is 50.7 Å². The van der Waals surface area contributed by atoms with Gasteiger partial charge in [0, 0.05) is 12.6 Å². The molecule has 1 aliphatic carbocycles. The van der Waals surface area contributed by atoms with E-state index in [9.17, 15) is 18.0 Å². The number of carbonyl (C=O) groups excluding carboxylic acids is 2. The molecule has 0 radical (unpaired) electrons. The summed E-state index contributed by atoms with van der Waals surface area (Å²) in [5.74, 6) is -0.764. The van der Waals surface area contributed by atoms with Crippen LogP contribution < -0.4 is 9.62 Å². The molecule has 4 rings (SSSR count). The van der Waals surface area contributed by atoms with E-state index in [4.69, 9.17) is 23.2 Å². The highest BCUT2D eigenvalue weighted by Gasteiger charge is 2.35. The molecule has 1 saturated carbocycles. The zero-order valence-corrected chi connectivity index (χ0v) is 26.3. The van der Waals surface area contributed by atoms with E-state index in [0.29, 0.717) is 6.42 Å². The van der Waals surface area contributed by atoms with Crippen LogP contribution in [0.2, 0.25) is 10.0 Å².